The van der Waals surface area contributed by atoms with Gasteiger partial charge in [-0.2, -0.15) is 0 Å². The monoisotopic (exact) mass is 1170 g/mol. The molecule has 17 heteroatoms. The summed E-state index contributed by atoms with van der Waals surface area (Å²) in [5, 5.41) is 36.9. The average Bonchev–Trinajstić information content (AvgIpc) is 3.62. The minimum absolute atomic E-state index is 0.0224. The SMILES string of the molecule is CC(C)(C)NC(=O)[C@@H]1C[C@@H]2CCCC[C@@H]2CN1.CC(C)(C)NC(=O)[C@@H]1C[C@@H]2CCCC[C@@H]2CN1C[C@@H](O)[C@H](CSc1ccccc1)NC(=O)OCc1ccccc1.O=C(N[C@@H](CSc1ccccc1)[C@H](O)CCl)OCc1ccccc1. The molecule has 0 bridgehead atoms. The molecule has 4 fully saturated rings. The van der Waals surface area contributed by atoms with Crippen molar-refractivity contribution in [2.75, 3.05) is 37.0 Å². The largest absolute Gasteiger partial charge is 0.445 e. The Morgan fingerprint density at radius 3 is 1.48 bits per heavy atom. The zero-order valence-electron chi connectivity index (χ0n) is 48.5. The van der Waals surface area contributed by atoms with Crippen molar-refractivity contribution in [1.82, 2.24) is 31.5 Å². The van der Waals surface area contributed by atoms with E-state index >= 15 is 0 Å². The van der Waals surface area contributed by atoms with Crippen LogP contribution in [0.15, 0.2) is 131 Å². The number of hydrogen-bond acceptors (Lipinski definition) is 12. The minimum Gasteiger partial charge on any atom is -0.445 e. The van der Waals surface area contributed by atoms with Gasteiger partial charge in [0.1, 0.15) is 13.2 Å². The molecule has 0 aromatic heterocycles. The maximum atomic E-state index is 13.4. The first-order chi connectivity index (χ1) is 38.8. The highest BCUT2D eigenvalue weighted by molar-refractivity contribution is 7.99. The number of ether oxygens (including phenoxy) is 2. The molecule has 2 heterocycles. The summed E-state index contributed by atoms with van der Waals surface area (Å²) in [5.74, 6) is 3.91. The number of nitrogens with zero attached hydrogens (tertiary/aromatic N) is 1. The first kappa shape index (κ1) is 65.3. The number of halogens is 1. The van der Waals surface area contributed by atoms with Crippen LogP contribution in [0.5, 0.6) is 0 Å². The smallest absolute Gasteiger partial charge is 0.407 e. The second-order valence-corrected chi connectivity index (χ2v) is 26.6. The lowest BCUT2D eigenvalue weighted by atomic mass is 9.72. The van der Waals surface area contributed by atoms with Crippen molar-refractivity contribution < 1.29 is 38.9 Å². The lowest BCUT2D eigenvalue weighted by molar-refractivity contribution is -0.132. The van der Waals surface area contributed by atoms with Crippen LogP contribution in [0, 0.1) is 23.7 Å². The summed E-state index contributed by atoms with van der Waals surface area (Å²) < 4.78 is 10.7. The zero-order chi connectivity index (χ0) is 58.2. The van der Waals surface area contributed by atoms with E-state index in [0.717, 1.165) is 58.7 Å². The molecule has 4 aromatic rings. The molecular weight excluding hydrogens is 1080 g/mol. The first-order valence-electron chi connectivity index (χ1n) is 29.2. The molecule has 10 atom stereocenters. The van der Waals surface area contributed by atoms with Gasteiger partial charge >= 0.3 is 12.2 Å². The number of β-amino-alcohol motifs (C(OH)–C–C–N with tert-alkyl or cyclic N) is 1. The molecule has 4 aromatic carbocycles. The van der Waals surface area contributed by atoms with Crippen LogP contribution in [0.1, 0.15) is 117 Å². The van der Waals surface area contributed by atoms with Crippen LogP contribution < -0.4 is 26.6 Å². The average molecular weight is 1170 g/mol. The number of alkyl carbamates (subject to hydrolysis) is 2. The Morgan fingerprint density at radius 1 is 0.593 bits per heavy atom. The van der Waals surface area contributed by atoms with E-state index in [9.17, 15) is 29.4 Å². The number of benzene rings is 4. The molecule has 7 N–H and O–H groups in total. The van der Waals surface area contributed by atoms with Gasteiger partial charge in [0, 0.05) is 45.5 Å². The third-order valence-electron chi connectivity index (χ3n) is 15.2. The summed E-state index contributed by atoms with van der Waals surface area (Å²) in [7, 11) is 0. The van der Waals surface area contributed by atoms with Crippen LogP contribution in [-0.2, 0) is 32.3 Å². The van der Waals surface area contributed by atoms with Gasteiger partial charge in [0.15, 0.2) is 0 Å². The van der Waals surface area contributed by atoms with Crippen LogP contribution in [-0.4, -0.2) is 124 Å². The number of carbonyl (C=O) groups is 4. The number of rotatable bonds is 19. The van der Waals surface area contributed by atoms with Crippen LogP contribution in [0.4, 0.5) is 9.59 Å². The van der Waals surface area contributed by atoms with E-state index in [-0.39, 0.29) is 54.1 Å². The Balaban J connectivity index is 0.000000217. The molecule has 2 aliphatic carbocycles. The fourth-order valence-electron chi connectivity index (χ4n) is 11.0. The standard InChI is InChI=1S/C32H45N3O4S.C18H20ClNO3S.C14H26N2O/c1-32(2,3)34-30(37)28-18-24-14-10-11-15-25(24)19-35(28)20-29(36)27(22-40-26-16-8-5-9-17-26)33-31(38)39-21-23-12-6-4-7-13-23;19-11-17(21)16(13-24-15-9-5-2-6-10-15)20-18(22)23-12-14-7-3-1-4-8-14;1-14(2,3)16-13(17)12-8-10-6-4-5-7-11(10)9-15-12/h4-9,12-13,16-17,24-25,27-29,36H,10-11,14-15,18-22H2,1-3H3,(H,33,38)(H,34,37);1-10,16-17,21H,11-13H2,(H,20,22);10-12,15H,4-9H2,1-3H3,(H,16,17)/t24-,25+,27-,28-,29+;16-,17+;10-,11+,12-/m000/s1. The first-order valence-corrected chi connectivity index (χ1v) is 31.7. The Hall–Kier alpha value is -4.81. The van der Waals surface area contributed by atoms with Crippen molar-refractivity contribution in [2.45, 2.75) is 176 Å². The molecule has 0 unspecified atom stereocenters. The third-order valence-corrected chi connectivity index (χ3v) is 17.8. The molecule has 2 saturated carbocycles. The molecule has 0 spiro atoms. The summed E-state index contributed by atoms with van der Waals surface area (Å²) >= 11 is 8.85. The lowest BCUT2D eigenvalue weighted by Crippen LogP contribution is -2.60. The van der Waals surface area contributed by atoms with E-state index in [1.54, 1.807) is 11.8 Å². The number of aliphatic hydroxyl groups is 2. The summed E-state index contributed by atoms with van der Waals surface area (Å²) in [5.41, 5.74) is 1.35. The number of piperidine rings is 2. The van der Waals surface area contributed by atoms with E-state index in [1.807, 2.05) is 163 Å². The Labute approximate surface area is 496 Å². The summed E-state index contributed by atoms with van der Waals surface area (Å²) in [6.45, 7) is 14.6. The van der Waals surface area contributed by atoms with Crippen molar-refractivity contribution in [3.05, 3.63) is 132 Å². The van der Waals surface area contributed by atoms with Crippen molar-refractivity contribution in [2.24, 2.45) is 23.7 Å². The molecule has 14 nitrogen and oxygen atoms in total. The number of amides is 4. The fourth-order valence-corrected chi connectivity index (χ4v) is 13.3. The normalized spacial score (nSPS) is 22.3. The Bertz CT molecular complexity index is 2480. The maximum absolute atomic E-state index is 13.4. The van der Waals surface area contributed by atoms with Crippen LogP contribution in [0.3, 0.4) is 0 Å². The van der Waals surface area contributed by atoms with E-state index in [0.29, 0.717) is 29.9 Å². The summed E-state index contributed by atoms with van der Waals surface area (Å²) in [6, 6.07) is 37.4. The van der Waals surface area contributed by atoms with Crippen molar-refractivity contribution in [3.63, 3.8) is 0 Å². The van der Waals surface area contributed by atoms with Crippen molar-refractivity contribution >= 4 is 59.1 Å². The van der Waals surface area contributed by atoms with Gasteiger partial charge in [-0.05, 0) is 133 Å². The molecular formula is C64H91ClN6O8S2. The molecule has 0 radical (unpaired) electrons. The molecule has 444 valence electrons. The van der Waals surface area contributed by atoms with Crippen LogP contribution in [0.25, 0.3) is 0 Å². The third kappa shape index (κ3) is 23.8. The Morgan fingerprint density at radius 2 is 1.01 bits per heavy atom. The number of alkyl halides is 1. The minimum atomic E-state index is -0.870. The fraction of sp³-hybridized carbons (Fsp3) is 0.562. The molecule has 2 saturated heterocycles. The number of fused-ring (bicyclic) bond motifs is 2. The van der Waals surface area contributed by atoms with Gasteiger partial charge in [0.2, 0.25) is 11.8 Å². The number of carbonyl (C=O) groups excluding carboxylic acids is 4. The quantitative estimate of drug-likeness (QED) is 0.0348. The van der Waals surface area contributed by atoms with Gasteiger partial charge < -0.3 is 46.3 Å². The maximum Gasteiger partial charge on any atom is 0.407 e. The molecule has 4 aliphatic rings. The highest BCUT2D eigenvalue weighted by Crippen LogP contribution is 2.39. The second-order valence-electron chi connectivity index (χ2n) is 24.2. The number of nitrogens with one attached hydrogen (secondary N) is 5. The number of thioether (sulfide) groups is 2. The summed E-state index contributed by atoms with van der Waals surface area (Å²) in [4.78, 5) is 54.6. The number of likely N-dealkylation sites (tertiary alicyclic amines) is 1. The van der Waals surface area contributed by atoms with E-state index in [4.69, 9.17) is 21.1 Å². The molecule has 4 amide bonds. The van der Waals surface area contributed by atoms with Crippen LogP contribution in [0.2, 0.25) is 0 Å². The number of hydrogen-bond donors (Lipinski definition) is 7. The van der Waals surface area contributed by atoms with E-state index in [2.05, 4.69) is 31.5 Å². The molecule has 2 aliphatic heterocycles. The molecule has 81 heavy (non-hydrogen) atoms. The Kier molecular flexibility index (Phi) is 27.0. The second kappa shape index (κ2) is 33.5. The van der Waals surface area contributed by atoms with Crippen LogP contribution >= 0.6 is 35.1 Å². The molecule has 8 rings (SSSR count). The predicted molar refractivity (Wildman–Crippen MR) is 327 cm³/mol. The predicted octanol–water partition coefficient (Wildman–Crippen LogP) is 11.0. The summed E-state index contributed by atoms with van der Waals surface area (Å²) in [6.07, 6.45) is 9.21. The van der Waals surface area contributed by atoms with Gasteiger partial charge in [-0.25, -0.2) is 9.59 Å². The highest BCUT2D eigenvalue weighted by Gasteiger charge is 2.42. The van der Waals surface area contributed by atoms with E-state index in [1.165, 1.54) is 63.1 Å². The van der Waals surface area contributed by atoms with Gasteiger partial charge in [0.25, 0.3) is 0 Å². The van der Waals surface area contributed by atoms with Gasteiger partial charge in [0.05, 0.1) is 42.3 Å². The van der Waals surface area contributed by atoms with Crippen molar-refractivity contribution in [3.8, 4) is 0 Å². The zero-order valence-corrected chi connectivity index (χ0v) is 50.9. The van der Waals surface area contributed by atoms with Gasteiger partial charge in [-0.3, -0.25) is 14.5 Å². The van der Waals surface area contributed by atoms with Crippen molar-refractivity contribution in [1.29, 1.82) is 0 Å². The topological polar surface area (TPSA) is 191 Å². The number of aliphatic hydroxyl groups excluding tert-OH is 2. The van der Waals surface area contributed by atoms with Gasteiger partial charge in [-0.1, -0.05) is 136 Å². The highest BCUT2D eigenvalue weighted by atomic mass is 35.5. The van der Waals surface area contributed by atoms with Gasteiger partial charge in [-0.15, -0.1) is 35.1 Å². The van der Waals surface area contributed by atoms with E-state index < -0.39 is 36.5 Å². The lowest BCUT2D eigenvalue weighted by Gasteiger charge is -2.47.